The third-order valence-corrected chi connectivity index (χ3v) is 2.38. The van der Waals surface area contributed by atoms with Crippen LogP contribution in [0.2, 0.25) is 0 Å². The van der Waals surface area contributed by atoms with Gasteiger partial charge in [0.15, 0.2) is 0 Å². The zero-order valence-electron chi connectivity index (χ0n) is 7.48. The van der Waals surface area contributed by atoms with E-state index in [4.69, 9.17) is 5.73 Å². The van der Waals surface area contributed by atoms with E-state index in [1.54, 1.807) is 6.33 Å². The molecule has 0 aliphatic heterocycles. The standard InChI is InChI=1S/C10H13N3/c11-10-3-1-8(2-4-10)9-5-12-7-13-6-9/h1,5-7,10H,2-4,11H2. The third kappa shape index (κ3) is 1.92. The fourth-order valence-corrected chi connectivity index (χ4v) is 1.58. The minimum Gasteiger partial charge on any atom is -0.327 e. The van der Waals surface area contributed by atoms with Crippen molar-refractivity contribution in [2.45, 2.75) is 25.3 Å². The maximum Gasteiger partial charge on any atom is 0.115 e. The average molecular weight is 175 g/mol. The van der Waals surface area contributed by atoms with Crippen molar-refractivity contribution in [2.75, 3.05) is 0 Å². The summed E-state index contributed by atoms with van der Waals surface area (Å²) in [7, 11) is 0. The van der Waals surface area contributed by atoms with E-state index in [1.807, 2.05) is 12.4 Å². The van der Waals surface area contributed by atoms with Crippen molar-refractivity contribution in [1.29, 1.82) is 0 Å². The summed E-state index contributed by atoms with van der Waals surface area (Å²) in [5.74, 6) is 0. The molecule has 0 bridgehead atoms. The molecule has 2 N–H and O–H groups in total. The van der Waals surface area contributed by atoms with Crippen molar-refractivity contribution >= 4 is 5.57 Å². The molecular formula is C10H13N3. The van der Waals surface area contributed by atoms with Crippen LogP contribution in [0.3, 0.4) is 0 Å². The molecule has 1 atom stereocenters. The van der Waals surface area contributed by atoms with Gasteiger partial charge in [0.1, 0.15) is 6.33 Å². The molecule has 1 aromatic heterocycles. The van der Waals surface area contributed by atoms with Crippen molar-refractivity contribution in [3.63, 3.8) is 0 Å². The van der Waals surface area contributed by atoms with Crippen molar-refractivity contribution in [3.05, 3.63) is 30.4 Å². The number of rotatable bonds is 1. The van der Waals surface area contributed by atoms with Gasteiger partial charge in [-0.2, -0.15) is 0 Å². The Morgan fingerprint density at radius 2 is 2.08 bits per heavy atom. The highest BCUT2D eigenvalue weighted by Gasteiger charge is 2.11. The Labute approximate surface area is 77.7 Å². The molecule has 1 aliphatic rings. The van der Waals surface area contributed by atoms with Gasteiger partial charge in [0.25, 0.3) is 0 Å². The molecule has 0 saturated heterocycles. The molecule has 3 heteroatoms. The first-order valence-corrected chi connectivity index (χ1v) is 4.56. The SMILES string of the molecule is NC1CC=C(c2cncnc2)CC1. The zero-order chi connectivity index (χ0) is 9.10. The lowest BCUT2D eigenvalue weighted by atomic mass is 9.92. The molecule has 1 heterocycles. The van der Waals surface area contributed by atoms with Crippen LogP contribution in [-0.4, -0.2) is 16.0 Å². The Balaban J connectivity index is 2.19. The van der Waals surface area contributed by atoms with Gasteiger partial charge < -0.3 is 5.73 Å². The summed E-state index contributed by atoms with van der Waals surface area (Å²) in [4.78, 5) is 7.99. The van der Waals surface area contributed by atoms with Crippen LogP contribution < -0.4 is 5.73 Å². The molecule has 0 spiro atoms. The fraction of sp³-hybridized carbons (Fsp3) is 0.400. The summed E-state index contributed by atoms with van der Waals surface area (Å²) in [5.41, 5.74) is 8.27. The van der Waals surface area contributed by atoms with E-state index >= 15 is 0 Å². The highest BCUT2D eigenvalue weighted by Crippen LogP contribution is 2.24. The van der Waals surface area contributed by atoms with Crippen LogP contribution in [0.25, 0.3) is 5.57 Å². The predicted molar refractivity (Wildman–Crippen MR) is 51.8 cm³/mol. The van der Waals surface area contributed by atoms with E-state index in [9.17, 15) is 0 Å². The van der Waals surface area contributed by atoms with Crippen molar-refractivity contribution < 1.29 is 0 Å². The van der Waals surface area contributed by atoms with E-state index in [0.717, 1.165) is 24.8 Å². The average Bonchev–Trinajstić information content (AvgIpc) is 2.20. The minimum atomic E-state index is 0.341. The molecule has 68 valence electrons. The molecule has 0 amide bonds. The first-order valence-electron chi connectivity index (χ1n) is 4.56. The lowest BCUT2D eigenvalue weighted by molar-refractivity contribution is 0.614. The van der Waals surface area contributed by atoms with E-state index in [0.29, 0.717) is 6.04 Å². The molecule has 0 saturated carbocycles. The molecule has 13 heavy (non-hydrogen) atoms. The van der Waals surface area contributed by atoms with Crippen molar-refractivity contribution in [3.8, 4) is 0 Å². The van der Waals surface area contributed by atoms with Gasteiger partial charge in [-0.15, -0.1) is 0 Å². The Hall–Kier alpha value is -1.22. The molecule has 1 aromatic rings. The molecule has 1 unspecified atom stereocenters. The summed E-state index contributed by atoms with van der Waals surface area (Å²) < 4.78 is 0. The van der Waals surface area contributed by atoms with Crippen LogP contribution in [0.4, 0.5) is 0 Å². The number of hydrogen-bond donors (Lipinski definition) is 1. The van der Waals surface area contributed by atoms with Crippen LogP contribution >= 0.6 is 0 Å². The van der Waals surface area contributed by atoms with Crippen molar-refractivity contribution in [1.82, 2.24) is 9.97 Å². The van der Waals surface area contributed by atoms with E-state index in [-0.39, 0.29) is 0 Å². The second kappa shape index (κ2) is 3.66. The maximum absolute atomic E-state index is 5.80. The first kappa shape index (κ1) is 8.38. The molecular weight excluding hydrogens is 162 g/mol. The molecule has 0 aromatic carbocycles. The molecule has 0 radical (unpaired) electrons. The second-order valence-electron chi connectivity index (χ2n) is 3.39. The van der Waals surface area contributed by atoms with E-state index in [2.05, 4.69) is 16.0 Å². The summed E-state index contributed by atoms with van der Waals surface area (Å²) in [5, 5.41) is 0. The lowest BCUT2D eigenvalue weighted by Gasteiger charge is -2.17. The summed E-state index contributed by atoms with van der Waals surface area (Å²) in [6, 6.07) is 0.341. The second-order valence-corrected chi connectivity index (χ2v) is 3.39. The van der Waals surface area contributed by atoms with Gasteiger partial charge in [0.05, 0.1) is 0 Å². The van der Waals surface area contributed by atoms with Crippen LogP contribution in [0.1, 0.15) is 24.8 Å². The van der Waals surface area contributed by atoms with Crippen LogP contribution in [-0.2, 0) is 0 Å². The van der Waals surface area contributed by atoms with Crippen LogP contribution in [0, 0.1) is 0 Å². The van der Waals surface area contributed by atoms with Crippen LogP contribution in [0.15, 0.2) is 24.8 Å². The first-order chi connectivity index (χ1) is 6.36. The monoisotopic (exact) mass is 175 g/mol. The van der Waals surface area contributed by atoms with Gasteiger partial charge in [-0.25, -0.2) is 9.97 Å². The van der Waals surface area contributed by atoms with Gasteiger partial charge in [-0.3, -0.25) is 0 Å². The van der Waals surface area contributed by atoms with Crippen molar-refractivity contribution in [2.24, 2.45) is 5.73 Å². The fourth-order valence-electron chi connectivity index (χ4n) is 1.58. The number of aromatic nitrogens is 2. The summed E-state index contributed by atoms with van der Waals surface area (Å²) in [6.45, 7) is 0. The summed E-state index contributed by atoms with van der Waals surface area (Å²) in [6.07, 6.45) is 10.6. The van der Waals surface area contributed by atoms with E-state index in [1.165, 1.54) is 5.57 Å². The highest BCUT2D eigenvalue weighted by molar-refractivity contribution is 5.64. The molecule has 2 rings (SSSR count). The number of nitrogens with zero attached hydrogens (tertiary/aromatic N) is 2. The topological polar surface area (TPSA) is 51.8 Å². The minimum absolute atomic E-state index is 0.341. The lowest BCUT2D eigenvalue weighted by Crippen LogP contribution is -2.21. The number of allylic oxidation sites excluding steroid dienone is 1. The maximum atomic E-state index is 5.80. The van der Waals surface area contributed by atoms with Gasteiger partial charge >= 0.3 is 0 Å². The van der Waals surface area contributed by atoms with Gasteiger partial charge in [-0.1, -0.05) is 6.08 Å². The predicted octanol–water partition coefficient (Wildman–Crippen LogP) is 1.37. The number of nitrogens with two attached hydrogens (primary N) is 1. The van der Waals surface area contributed by atoms with Gasteiger partial charge in [-0.05, 0) is 24.8 Å². The Bertz CT molecular complexity index is 305. The Morgan fingerprint density at radius 1 is 1.31 bits per heavy atom. The zero-order valence-corrected chi connectivity index (χ0v) is 7.48. The quantitative estimate of drug-likeness (QED) is 0.701. The number of hydrogen-bond acceptors (Lipinski definition) is 3. The van der Waals surface area contributed by atoms with E-state index < -0.39 is 0 Å². The Morgan fingerprint density at radius 3 is 2.69 bits per heavy atom. The Kier molecular flexibility index (Phi) is 2.36. The normalized spacial score (nSPS) is 22.5. The molecule has 1 aliphatic carbocycles. The summed E-state index contributed by atoms with van der Waals surface area (Å²) >= 11 is 0. The van der Waals surface area contributed by atoms with Gasteiger partial charge in [0.2, 0.25) is 0 Å². The highest BCUT2D eigenvalue weighted by atomic mass is 14.8. The van der Waals surface area contributed by atoms with Crippen LogP contribution in [0.5, 0.6) is 0 Å². The molecule has 0 fully saturated rings. The van der Waals surface area contributed by atoms with Gasteiger partial charge in [0, 0.05) is 24.0 Å². The smallest absolute Gasteiger partial charge is 0.115 e. The molecule has 3 nitrogen and oxygen atoms in total. The largest absolute Gasteiger partial charge is 0.327 e. The third-order valence-electron chi connectivity index (χ3n) is 2.38.